The molecule has 0 amide bonds. The average Bonchev–Trinajstić information content (AvgIpc) is 3.13. The van der Waals surface area contributed by atoms with Crippen LogP contribution in [-0.2, 0) is 39.8 Å². The number of rotatable bonds is 10. The molecule has 184 valence electrons. The lowest BCUT2D eigenvalue weighted by Crippen LogP contribution is -2.39. The molecule has 3 aromatic rings. The summed E-state index contributed by atoms with van der Waals surface area (Å²) >= 11 is 0. The van der Waals surface area contributed by atoms with Gasteiger partial charge in [-0.25, -0.2) is 18.2 Å². The third-order valence-corrected chi connectivity index (χ3v) is 6.80. The summed E-state index contributed by atoms with van der Waals surface area (Å²) in [5, 5.41) is 0. The molecule has 0 spiro atoms. The molecule has 12 nitrogen and oxygen atoms in total. The van der Waals surface area contributed by atoms with Crippen LogP contribution >= 0.6 is 0 Å². The number of H-pyrrole nitrogens is 1. The highest BCUT2D eigenvalue weighted by molar-refractivity contribution is 7.89. The van der Waals surface area contributed by atoms with Gasteiger partial charge < -0.3 is 14.0 Å². The lowest BCUT2D eigenvalue weighted by Gasteiger charge is -2.14. The normalized spacial score (nSPS) is 12.6. The van der Waals surface area contributed by atoms with Gasteiger partial charge >= 0.3 is 11.7 Å². The molecule has 0 aliphatic rings. The molecule has 13 heteroatoms. The molecule has 0 radical (unpaired) electrons. The van der Waals surface area contributed by atoms with E-state index in [4.69, 9.17) is 9.47 Å². The van der Waals surface area contributed by atoms with Gasteiger partial charge in [-0.05, 0) is 37.6 Å². The second-order valence-corrected chi connectivity index (χ2v) is 9.36. The molecule has 0 saturated carbocycles. The van der Waals surface area contributed by atoms with Crippen molar-refractivity contribution in [3.05, 3.63) is 50.9 Å². The van der Waals surface area contributed by atoms with Crippen molar-refractivity contribution in [3.63, 3.8) is 0 Å². The maximum absolute atomic E-state index is 12.5. The van der Waals surface area contributed by atoms with Gasteiger partial charge in [0.05, 0.1) is 12.0 Å². The number of sulfonamides is 1. The zero-order valence-electron chi connectivity index (χ0n) is 19.3. The lowest BCUT2D eigenvalue weighted by molar-refractivity contribution is -0.146. The van der Waals surface area contributed by atoms with E-state index >= 15 is 0 Å². The van der Waals surface area contributed by atoms with Crippen molar-refractivity contribution in [1.82, 2.24) is 23.8 Å². The molecule has 0 unspecified atom stereocenters. The number of aromatic amines is 1. The largest absolute Gasteiger partial charge is 0.497 e. The minimum absolute atomic E-state index is 0.0347. The van der Waals surface area contributed by atoms with Crippen LogP contribution < -0.4 is 20.7 Å². The fraction of sp³-hybridized carbons (Fsp3) is 0.429. The standard InChI is InChI=1S/C21H27N5O7S/c1-5-6-11-26-18-17(19(27)23-21(26)29)25(3)16(22-18)12-33-20(28)13(2)24-34(30,31)15-9-7-14(32-4)8-10-15/h7-10,13,24H,5-6,11-12H2,1-4H3,(H,23,27,29)/t13-/m0/s1. The van der Waals surface area contributed by atoms with E-state index in [1.807, 2.05) is 6.92 Å². The molecule has 1 atom stereocenters. The molecule has 0 aliphatic heterocycles. The first kappa shape index (κ1) is 25.2. The second kappa shape index (κ2) is 10.2. The zero-order chi connectivity index (χ0) is 25.0. The highest BCUT2D eigenvalue weighted by Crippen LogP contribution is 2.16. The summed E-state index contributed by atoms with van der Waals surface area (Å²) in [6.45, 7) is 3.38. The molecule has 0 bridgehead atoms. The van der Waals surface area contributed by atoms with Gasteiger partial charge in [-0.2, -0.15) is 4.72 Å². The summed E-state index contributed by atoms with van der Waals surface area (Å²) in [6, 6.07) is 4.51. The van der Waals surface area contributed by atoms with Crippen LogP contribution in [0.5, 0.6) is 5.75 Å². The Hall–Kier alpha value is -3.45. The van der Waals surface area contributed by atoms with Crippen molar-refractivity contribution in [1.29, 1.82) is 0 Å². The average molecular weight is 494 g/mol. The number of nitrogens with one attached hydrogen (secondary N) is 2. The van der Waals surface area contributed by atoms with E-state index in [2.05, 4.69) is 14.7 Å². The minimum atomic E-state index is -3.98. The SMILES string of the molecule is CCCCn1c(=O)[nH]c(=O)c2c1nc(COC(=O)[C@H](C)NS(=O)(=O)c1ccc(OC)cc1)n2C. The summed E-state index contributed by atoms with van der Waals surface area (Å²) in [4.78, 5) is 43.6. The van der Waals surface area contributed by atoms with Gasteiger partial charge in [0, 0.05) is 13.6 Å². The molecule has 3 rings (SSSR count). The first-order valence-corrected chi connectivity index (χ1v) is 12.1. The Morgan fingerprint density at radius 1 is 1.24 bits per heavy atom. The quantitative estimate of drug-likeness (QED) is 0.390. The maximum atomic E-state index is 12.5. The molecule has 2 heterocycles. The Bertz CT molecular complexity index is 1400. The Labute approximate surface area is 195 Å². The van der Waals surface area contributed by atoms with Gasteiger partial charge in [-0.1, -0.05) is 13.3 Å². The van der Waals surface area contributed by atoms with Crippen LogP contribution in [0.3, 0.4) is 0 Å². The molecular weight excluding hydrogens is 466 g/mol. The summed E-state index contributed by atoms with van der Waals surface area (Å²) in [6.07, 6.45) is 1.56. The van der Waals surface area contributed by atoms with E-state index in [1.54, 1.807) is 7.05 Å². The van der Waals surface area contributed by atoms with E-state index in [0.29, 0.717) is 18.7 Å². The Balaban J connectivity index is 1.75. The molecule has 2 aromatic heterocycles. The number of aromatic nitrogens is 4. The first-order chi connectivity index (χ1) is 16.1. The highest BCUT2D eigenvalue weighted by atomic mass is 32.2. The molecular formula is C21H27N5O7S. The van der Waals surface area contributed by atoms with Crippen LogP contribution in [0, 0.1) is 0 Å². The number of esters is 1. The number of aryl methyl sites for hydroxylation is 2. The Kier molecular flexibility index (Phi) is 7.57. The van der Waals surface area contributed by atoms with Gasteiger partial charge in [0.1, 0.15) is 24.2 Å². The van der Waals surface area contributed by atoms with Crippen LogP contribution in [0.25, 0.3) is 11.2 Å². The number of imidazole rings is 1. The number of unbranched alkanes of at least 4 members (excludes halogenated alkanes) is 1. The van der Waals surface area contributed by atoms with E-state index in [9.17, 15) is 22.8 Å². The third-order valence-electron chi connectivity index (χ3n) is 5.24. The van der Waals surface area contributed by atoms with Gasteiger partial charge in [0.25, 0.3) is 5.56 Å². The fourth-order valence-corrected chi connectivity index (χ4v) is 4.50. The lowest BCUT2D eigenvalue weighted by atomic mass is 10.3. The number of benzene rings is 1. The van der Waals surface area contributed by atoms with Crippen molar-refractivity contribution >= 4 is 27.2 Å². The van der Waals surface area contributed by atoms with Crippen LogP contribution in [0.2, 0.25) is 0 Å². The molecule has 1 aromatic carbocycles. The predicted octanol–water partition coefficient (Wildman–Crippen LogP) is 0.642. The van der Waals surface area contributed by atoms with Gasteiger partial charge in [0.15, 0.2) is 11.2 Å². The van der Waals surface area contributed by atoms with E-state index in [-0.39, 0.29) is 28.5 Å². The number of ether oxygens (including phenoxy) is 2. The number of hydrogen-bond acceptors (Lipinski definition) is 8. The van der Waals surface area contributed by atoms with Crippen LogP contribution in [0.4, 0.5) is 0 Å². The van der Waals surface area contributed by atoms with Gasteiger partial charge in [0.2, 0.25) is 10.0 Å². The van der Waals surface area contributed by atoms with Gasteiger partial charge in [-0.3, -0.25) is 19.1 Å². The third kappa shape index (κ3) is 5.20. The number of methoxy groups -OCH3 is 1. The maximum Gasteiger partial charge on any atom is 0.330 e. The predicted molar refractivity (Wildman–Crippen MR) is 123 cm³/mol. The summed E-state index contributed by atoms with van der Waals surface area (Å²) in [5.41, 5.74) is -0.783. The molecule has 0 fully saturated rings. The number of nitrogens with zero attached hydrogens (tertiary/aromatic N) is 3. The number of fused-ring (bicyclic) bond motifs is 1. The monoisotopic (exact) mass is 493 g/mol. The van der Waals surface area contributed by atoms with Crippen LogP contribution in [0.1, 0.15) is 32.5 Å². The van der Waals surface area contributed by atoms with Crippen molar-refractivity contribution in [2.75, 3.05) is 7.11 Å². The summed E-state index contributed by atoms with van der Waals surface area (Å²) < 4.78 is 40.4. The Morgan fingerprint density at radius 3 is 2.53 bits per heavy atom. The molecule has 0 aliphatic carbocycles. The zero-order valence-corrected chi connectivity index (χ0v) is 20.1. The molecule has 0 saturated heterocycles. The molecule has 2 N–H and O–H groups in total. The number of carbonyl (C=O) groups excluding carboxylic acids is 1. The first-order valence-electron chi connectivity index (χ1n) is 10.6. The number of carbonyl (C=O) groups is 1. The van der Waals surface area contributed by atoms with E-state index in [1.165, 1.54) is 47.4 Å². The van der Waals surface area contributed by atoms with Crippen molar-refractivity contribution in [2.24, 2.45) is 7.05 Å². The Morgan fingerprint density at radius 2 is 1.91 bits per heavy atom. The van der Waals surface area contributed by atoms with Crippen LogP contribution in [-0.4, -0.2) is 46.6 Å². The fourth-order valence-electron chi connectivity index (χ4n) is 3.31. The van der Waals surface area contributed by atoms with Crippen molar-refractivity contribution < 1.29 is 22.7 Å². The summed E-state index contributed by atoms with van der Waals surface area (Å²) in [5.74, 6) is -0.107. The smallest absolute Gasteiger partial charge is 0.330 e. The topological polar surface area (TPSA) is 154 Å². The summed E-state index contributed by atoms with van der Waals surface area (Å²) in [7, 11) is -0.946. The minimum Gasteiger partial charge on any atom is -0.497 e. The molecule has 34 heavy (non-hydrogen) atoms. The van der Waals surface area contributed by atoms with Crippen molar-refractivity contribution in [2.45, 2.75) is 50.8 Å². The van der Waals surface area contributed by atoms with Gasteiger partial charge in [-0.15, -0.1) is 0 Å². The van der Waals surface area contributed by atoms with Crippen LogP contribution in [0.15, 0.2) is 38.8 Å². The second-order valence-electron chi connectivity index (χ2n) is 7.65. The highest BCUT2D eigenvalue weighted by Gasteiger charge is 2.24. The van der Waals surface area contributed by atoms with E-state index in [0.717, 1.165) is 6.42 Å². The van der Waals surface area contributed by atoms with Crippen molar-refractivity contribution in [3.8, 4) is 5.75 Å². The van der Waals surface area contributed by atoms with E-state index < -0.39 is 33.3 Å². The number of hydrogen-bond donors (Lipinski definition) is 2.